The Kier molecular flexibility index (Phi) is 4.81. The molecule has 132 valence electrons. The average molecular weight is 338 g/mol. The summed E-state index contributed by atoms with van der Waals surface area (Å²) >= 11 is 0. The Morgan fingerprint density at radius 3 is 2.92 bits per heavy atom. The van der Waals surface area contributed by atoms with Crippen molar-refractivity contribution in [3.63, 3.8) is 0 Å². The van der Waals surface area contributed by atoms with Crippen molar-refractivity contribution in [2.24, 2.45) is 0 Å². The molecule has 0 radical (unpaired) electrons. The summed E-state index contributed by atoms with van der Waals surface area (Å²) in [6.45, 7) is 0. The van der Waals surface area contributed by atoms with Crippen LogP contribution in [0.5, 0.6) is 0 Å². The van der Waals surface area contributed by atoms with E-state index >= 15 is 0 Å². The minimum atomic E-state index is 0.0767. The van der Waals surface area contributed by atoms with Gasteiger partial charge in [-0.15, -0.1) is 0 Å². The van der Waals surface area contributed by atoms with Crippen LogP contribution in [0.3, 0.4) is 0 Å². The number of rotatable bonds is 5. The van der Waals surface area contributed by atoms with Crippen LogP contribution in [0, 0.1) is 0 Å². The van der Waals surface area contributed by atoms with Crippen molar-refractivity contribution in [1.82, 2.24) is 20.1 Å². The molecule has 0 spiro atoms. The molecular weight excluding hydrogens is 312 g/mol. The molecule has 2 aromatic heterocycles. The second kappa shape index (κ2) is 7.38. The van der Waals surface area contributed by atoms with Crippen molar-refractivity contribution in [2.75, 3.05) is 0 Å². The predicted molar refractivity (Wildman–Crippen MR) is 96.1 cm³/mol. The number of pyridine rings is 1. The molecule has 1 saturated carbocycles. The molecule has 1 fully saturated rings. The van der Waals surface area contributed by atoms with E-state index < -0.39 is 0 Å². The molecule has 4 rings (SSSR count). The SMILES string of the molecule is O=C(CCc1cccnc1)N[C@@H]1CCCc2cn(C3CCCC3)nc21. The molecule has 1 atom stereocenters. The van der Waals surface area contributed by atoms with Crippen molar-refractivity contribution in [3.8, 4) is 0 Å². The summed E-state index contributed by atoms with van der Waals surface area (Å²) in [5, 5.41) is 8.09. The third-order valence-electron chi connectivity index (χ3n) is 5.51. The van der Waals surface area contributed by atoms with E-state index in [1.165, 1.54) is 31.2 Å². The Hall–Kier alpha value is -2.17. The Morgan fingerprint density at radius 1 is 1.24 bits per heavy atom. The molecule has 5 heteroatoms. The molecule has 5 nitrogen and oxygen atoms in total. The number of carbonyl (C=O) groups excluding carboxylic acids is 1. The maximum absolute atomic E-state index is 12.4. The van der Waals surface area contributed by atoms with Gasteiger partial charge in [0.2, 0.25) is 5.91 Å². The van der Waals surface area contributed by atoms with Crippen molar-refractivity contribution in [2.45, 2.75) is 69.9 Å². The fraction of sp³-hybridized carbons (Fsp3) is 0.550. The lowest BCUT2D eigenvalue weighted by molar-refractivity contribution is -0.121. The van der Waals surface area contributed by atoms with Crippen LogP contribution in [-0.4, -0.2) is 20.7 Å². The quantitative estimate of drug-likeness (QED) is 0.907. The van der Waals surface area contributed by atoms with Gasteiger partial charge in [-0.3, -0.25) is 14.5 Å². The van der Waals surface area contributed by atoms with Crippen molar-refractivity contribution in [3.05, 3.63) is 47.5 Å². The first-order valence-corrected chi connectivity index (χ1v) is 9.56. The Labute approximate surface area is 148 Å². The number of hydrogen-bond acceptors (Lipinski definition) is 3. The van der Waals surface area contributed by atoms with Gasteiger partial charge in [0.05, 0.1) is 17.8 Å². The normalized spacial score (nSPS) is 20.4. The summed E-state index contributed by atoms with van der Waals surface area (Å²) in [6.07, 6.45) is 15.4. The zero-order valence-electron chi connectivity index (χ0n) is 14.7. The molecule has 2 aromatic rings. The maximum Gasteiger partial charge on any atom is 0.220 e. The van der Waals surface area contributed by atoms with E-state index in [0.29, 0.717) is 12.5 Å². The Morgan fingerprint density at radius 2 is 2.12 bits per heavy atom. The topological polar surface area (TPSA) is 59.8 Å². The second-order valence-electron chi connectivity index (χ2n) is 7.33. The summed E-state index contributed by atoms with van der Waals surface area (Å²) in [6, 6.07) is 4.57. The minimum Gasteiger partial charge on any atom is -0.348 e. The summed E-state index contributed by atoms with van der Waals surface area (Å²) in [5.74, 6) is 0.108. The van der Waals surface area contributed by atoms with Gasteiger partial charge in [0.15, 0.2) is 0 Å². The molecule has 25 heavy (non-hydrogen) atoms. The third-order valence-corrected chi connectivity index (χ3v) is 5.51. The summed E-state index contributed by atoms with van der Waals surface area (Å²) < 4.78 is 2.18. The second-order valence-corrected chi connectivity index (χ2v) is 7.33. The fourth-order valence-corrected chi connectivity index (χ4v) is 4.13. The van der Waals surface area contributed by atoms with E-state index in [1.807, 2.05) is 18.3 Å². The van der Waals surface area contributed by atoms with Gasteiger partial charge in [-0.2, -0.15) is 5.10 Å². The van der Waals surface area contributed by atoms with Gasteiger partial charge in [0.1, 0.15) is 0 Å². The van der Waals surface area contributed by atoms with Gasteiger partial charge >= 0.3 is 0 Å². The molecule has 2 aliphatic rings. The molecule has 0 saturated heterocycles. The Balaban J connectivity index is 1.39. The summed E-state index contributed by atoms with van der Waals surface area (Å²) in [7, 11) is 0. The highest BCUT2D eigenvalue weighted by Crippen LogP contribution is 2.33. The number of nitrogens with one attached hydrogen (secondary N) is 1. The minimum absolute atomic E-state index is 0.0767. The number of hydrogen-bond donors (Lipinski definition) is 1. The molecule has 0 unspecified atom stereocenters. The Bertz CT molecular complexity index is 719. The summed E-state index contributed by atoms with van der Waals surface area (Å²) in [5.41, 5.74) is 3.54. The van der Waals surface area contributed by atoms with Gasteiger partial charge in [-0.1, -0.05) is 18.9 Å². The number of amides is 1. The van der Waals surface area contributed by atoms with E-state index in [1.54, 1.807) is 6.20 Å². The van der Waals surface area contributed by atoms with Crippen molar-refractivity contribution >= 4 is 5.91 Å². The molecule has 1 amide bonds. The molecular formula is C20H26N4O. The molecule has 0 aromatic carbocycles. The van der Waals surface area contributed by atoms with Crippen LogP contribution in [0.4, 0.5) is 0 Å². The molecule has 2 aliphatic carbocycles. The van der Waals surface area contributed by atoms with Crippen LogP contribution < -0.4 is 5.32 Å². The lowest BCUT2D eigenvalue weighted by atomic mass is 9.93. The average Bonchev–Trinajstić information content (AvgIpc) is 3.30. The maximum atomic E-state index is 12.4. The number of nitrogens with zero attached hydrogens (tertiary/aromatic N) is 3. The first-order valence-electron chi connectivity index (χ1n) is 9.56. The largest absolute Gasteiger partial charge is 0.348 e. The van der Waals surface area contributed by atoms with Crippen LogP contribution in [-0.2, 0) is 17.6 Å². The predicted octanol–water partition coefficient (Wildman–Crippen LogP) is 3.52. The third kappa shape index (κ3) is 3.75. The fourth-order valence-electron chi connectivity index (χ4n) is 4.13. The number of aryl methyl sites for hydroxylation is 2. The van der Waals surface area contributed by atoms with E-state index in [0.717, 1.165) is 36.9 Å². The van der Waals surface area contributed by atoms with Crippen LogP contribution in [0.25, 0.3) is 0 Å². The monoisotopic (exact) mass is 338 g/mol. The highest BCUT2D eigenvalue weighted by molar-refractivity contribution is 5.76. The zero-order chi connectivity index (χ0) is 17.1. The lowest BCUT2D eigenvalue weighted by Crippen LogP contribution is -2.31. The van der Waals surface area contributed by atoms with E-state index in [9.17, 15) is 4.79 Å². The van der Waals surface area contributed by atoms with Gasteiger partial charge < -0.3 is 5.32 Å². The van der Waals surface area contributed by atoms with Gasteiger partial charge in [-0.25, -0.2) is 0 Å². The van der Waals surface area contributed by atoms with Gasteiger partial charge in [-0.05, 0) is 55.7 Å². The lowest BCUT2D eigenvalue weighted by Gasteiger charge is -2.22. The van der Waals surface area contributed by atoms with Crippen molar-refractivity contribution in [1.29, 1.82) is 0 Å². The van der Waals surface area contributed by atoms with E-state index in [2.05, 4.69) is 21.2 Å². The van der Waals surface area contributed by atoms with Crippen LogP contribution in [0.1, 0.15) is 73.9 Å². The highest BCUT2D eigenvalue weighted by atomic mass is 16.1. The molecule has 0 bridgehead atoms. The summed E-state index contributed by atoms with van der Waals surface area (Å²) in [4.78, 5) is 16.5. The van der Waals surface area contributed by atoms with Crippen LogP contribution in [0.2, 0.25) is 0 Å². The number of aromatic nitrogens is 3. The number of fused-ring (bicyclic) bond motifs is 1. The van der Waals surface area contributed by atoms with Gasteiger partial charge in [0, 0.05) is 25.0 Å². The van der Waals surface area contributed by atoms with E-state index in [4.69, 9.17) is 5.10 Å². The molecule has 0 aliphatic heterocycles. The first-order chi connectivity index (χ1) is 12.3. The van der Waals surface area contributed by atoms with Crippen molar-refractivity contribution < 1.29 is 4.79 Å². The van der Waals surface area contributed by atoms with Gasteiger partial charge in [0.25, 0.3) is 0 Å². The first kappa shape index (κ1) is 16.3. The van der Waals surface area contributed by atoms with Crippen LogP contribution in [0.15, 0.2) is 30.7 Å². The van der Waals surface area contributed by atoms with E-state index in [-0.39, 0.29) is 11.9 Å². The number of carbonyl (C=O) groups is 1. The smallest absolute Gasteiger partial charge is 0.220 e. The molecule has 2 heterocycles. The zero-order valence-corrected chi connectivity index (χ0v) is 14.7. The standard InChI is InChI=1S/C20H26N4O/c25-19(11-10-15-5-4-12-21-13-15)22-18-9-3-6-16-14-24(23-20(16)18)17-7-1-2-8-17/h4-5,12-14,17-18H,1-3,6-11H2,(H,22,25)/t18-/m1/s1. The van der Waals surface area contributed by atoms with Crippen LogP contribution >= 0.6 is 0 Å². The molecule has 1 N–H and O–H groups in total. The highest BCUT2D eigenvalue weighted by Gasteiger charge is 2.27.